The van der Waals surface area contributed by atoms with E-state index < -0.39 is 11.6 Å². The van der Waals surface area contributed by atoms with E-state index in [-0.39, 0.29) is 11.5 Å². The molecule has 1 aromatic carbocycles. The van der Waals surface area contributed by atoms with E-state index in [4.69, 9.17) is 5.73 Å². The summed E-state index contributed by atoms with van der Waals surface area (Å²) in [6.45, 7) is 2.53. The van der Waals surface area contributed by atoms with Crippen molar-refractivity contribution in [3.8, 4) is 11.3 Å². The molecule has 1 unspecified atom stereocenters. The van der Waals surface area contributed by atoms with Gasteiger partial charge in [0.25, 0.3) is 0 Å². The molecule has 0 spiro atoms. The van der Waals surface area contributed by atoms with Crippen LogP contribution < -0.4 is 5.73 Å². The van der Waals surface area contributed by atoms with Crippen LogP contribution in [0.3, 0.4) is 0 Å². The van der Waals surface area contributed by atoms with E-state index in [1.54, 1.807) is 12.3 Å². The summed E-state index contributed by atoms with van der Waals surface area (Å²) in [7, 11) is 0. The van der Waals surface area contributed by atoms with E-state index in [0.29, 0.717) is 24.5 Å². The molecule has 1 heterocycles. The average Bonchev–Trinajstić information content (AvgIpc) is 2.39. The quantitative estimate of drug-likeness (QED) is 0.922. The van der Waals surface area contributed by atoms with Gasteiger partial charge in [0.05, 0.1) is 5.69 Å². The van der Waals surface area contributed by atoms with Gasteiger partial charge in [-0.05, 0) is 30.7 Å². The lowest BCUT2D eigenvalue weighted by molar-refractivity contribution is 0.572. The van der Waals surface area contributed by atoms with Gasteiger partial charge >= 0.3 is 0 Å². The van der Waals surface area contributed by atoms with E-state index in [0.717, 1.165) is 6.07 Å². The third-order valence-corrected chi connectivity index (χ3v) is 2.85. The molecule has 100 valence electrons. The topological polar surface area (TPSA) is 51.8 Å². The molecule has 2 rings (SSSR count). The summed E-state index contributed by atoms with van der Waals surface area (Å²) >= 11 is 0. The van der Waals surface area contributed by atoms with E-state index in [1.165, 1.54) is 12.1 Å². The van der Waals surface area contributed by atoms with Crippen molar-refractivity contribution in [2.75, 3.05) is 6.54 Å². The van der Waals surface area contributed by atoms with Crippen LogP contribution >= 0.6 is 0 Å². The lowest BCUT2D eigenvalue weighted by Crippen LogP contribution is -2.14. The molecule has 1 atom stereocenters. The minimum absolute atomic E-state index is 0.258. The lowest BCUT2D eigenvalue weighted by atomic mass is 10.1. The monoisotopic (exact) mass is 263 g/mol. The predicted octanol–water partition coefficient (Wildman–Crippen LogP) is 2.56. The molecule has 3 nitrogen and oxygen atoms in total. The van der Waals surface area contributed by atoms with Crippen molar-refractivity contribution in [3.05, 3.63) is 47.9 Å². The number of nitrogens with two attached hydrogens (primary N) is 1. The van der Waals surface area contributed by atoms with Crippen LogP contribution in [0.2, 0.25) is 0 Å². The fraction of sp³-hybridized carbons (Fsp3) is 0.286. The average molecular weight is 263 g/mol. The van der Waals surface area contributed by atoms with Gasteiger partial charge in [0.2, 0.25) is 0 Å². The maximum atomic E-state index is 13.7. The van der Waals surface area contributed by atoms with Gasteiger partial charge in [-0.1, -0.05) is 6.92 Å². The lowest BCUT2D eigenvalue weighted by Gasteiger charge is -2.08. The molecule has 0 amide bonds. The molecule has 0 saturated heterocycles. The summed E-state index contributed by atoms with van der Waals surface area (Å²) in [4.78, 5) is 8.43. The molecule has 0 aliphatic carbocycles. The highest BCUT2D eigenvalue weighted by molar-refractivity contribution is 5.59. The first kappa shape index (κ1) is 13.5. The largest absolute Gasteiger partial charge is 0.330 e. The van der Waals surface area contributed by atoms with Crippen LogP contribution in [0, 0.1) is 17.6 Å². The summed E-state index contributed by atoms with van der Waals surface area (Å²) in [6, 6.07) is 5.04. The van der Waals surface area contributed by atoms with Gasteiger partial charge in [0.15, 0.2) is 0 Å². The van der Waals surface area contributed by atoms with Crippen LogP contribution in [0.25, 0.3) is 11.3 Å². The van der Waals surface area contributed by atoms with Crippen molar-refractivity contribution >= 4 is 0 Å². The first-order valence-corrected chi connectivity index (χ1v) is 6.07. The Balaban J connectivity index is 2.32. The standard InChI is InChI=1S/C14H15F2N3/c1-9(8-17)6-14-18-5-4-13(19-14)11-3-2-10(15)7-12(11)16/h2-5,7,9H,6,8,17H2,1H3. The number of nitrogens with zero attached hydrogens (tertiary/aromatic N) is 2. The van der Waals surface area contributed by atoms with Gasteiger partial charge in [0.1, 0.15) is 17.5 Å². The minimum atomic E-state index is -0.628. The van der Waals surface area contributed by atoms with Crippen LogP contribution in [-0.2, 0) is 6.42 Å². The van der Waals surface area contributed by atoms with Crippen molar-refractivity contribution in [2.45, 2.75) is 13.3 Å². The molecule has 19 heavy (non-hydrogen) atoms. The molecular weight excluding hydrogens is 248 g/mol. The summed E-state index contributed by atoms with van der Waals surface area (Å²) in [5.41, 5.74) is 6.27. The van der Waals surface area contributed by atoms with Gasteiger partial charge in [-0.3, -0.25) is 0 Å². The normalized spacial score (nSPS) is 12.4. The highest BCUT2D eigenvalue weighted by Crippen LogP contribution is 2.21. The predicted molar refractivity (Wildman–Crippen MR) is 69.3 cm³/mol. The molecule has 0 bridgehead atoms. The molecule has 0 aliphatic heterocycles. The zero-order valence-corrected chi connectivity index (χ0v) is 10.6. The Morgan fingerprint density at radius 1 is 1.26 bits per heavy atom. The number of hydrogen-bond donors (Lipinski definition) is 1. The first-order valence-electron chi connectivity index (χ1n) is 6.07. The Morgan fingerprint density at radius 2 is 2.05 bits per heavy atom. The number of benzene rings is 1. The fourth-order valence-corrected chi connectivity index (χ4v) is 1.74. The maximum absolute atomic E-state index is 13.7. The zero-order valence-electron chi connectivity index (χ0n) is 10.6. The molecule has 0 saturated carbocycles. The van der Waals surface area contributed by atoms with Gasteiger partial charge < -0.3 is 5.73 Å². The number of hydrogen-bond acceptors (Lipinski definition) is 3. The SMILES string of the molecule is CC(CN)Cc1nccc(-c2ccc(F)cc2F)n1. The minimum Gasteiger partial charge on any atom is -0.330 e. The van der Waals surface area contributed by atoms with Crippen molar-refractivity contribution in [3.63, 3.8) is 0 Å². The Kier molecular flexibility index (Phi) is 4.16. The second kappa shape index (κ2) is 5.84. The van der Waals surface area contributed by atoms with E-state index in [1.807, 2.05) is 6.92 Å². The third-order valence-electron chi connectivity index (χ3n) is 2.85. The highest BCUT2D eigenvalue weighted by Gasteiger charge is 2.10. The number of halogens is 2. The van der Waals surface area contributed by atoms with E-state index in [9.17, 15) is 8.78 Å². The Morgan fingerprint density at radius 3 is 2.74 bits per heavy atom. The Hall–Kier alpha value is -1.88. The van der Waals surface area contributed by atoms with Gasteiger partial charge in [-0.15, -0.1) is 0 Å². The number of aromatic nitrogens is 2. The van der Waals surface area contributed by atoms with Crippen LogP contribution in [0.4, 0.5) is 8.78 Å². The van der Waals surface area contributed by atoms with Crippen LogP contribution in [0.5, 0.6) is 0 Å². The molecule has 2 aromatic rings. The number of rotatable bonds is 4. The smallest absolute Gasteiger partial charge is 0.135 e. The van der Waals surface area contributed by atoms with Crippen LogP contribution in [0.15, 0.2) is 30.5 Å². The van der Waals surface area contributed by atoms with Gasteiger partial charge in [-0.2, -0.15) is 0 Å². The molecule has 5 heteroatoms. The van der Waals surface area contributed by atoms with Crippen molar-refractivity contribution in [2.24, 2.45) is 11.7 Å². The van der Waals surface area contributed by atoms with E-state index in [2.05, 4.69) is 9.97 Å². The molecule has 0 fully saturated rings. The Labute approximate surface area is 110 Å². The van der Waals surface area contributed by atoms with E-state index >= 15 is 0 Å². The maximum Gasteiger partial charge on any atom is 0.135 e. The molecule has 1 aromatic heterocycles. The van der Waals surface area contributed by atoms with Crippen molar-refractivity contribution in [1.29, 1.82) is 0 Å². The molecule has 0 radical (unpaired) electrons. The van der Waals surface area contributed by atoms with Crippen LogP contribution in [0.1, 0.15) is 12.7 Å². The Bertz CT molecular complexity index is 572. The second-order valence-electron chi connectivity index (χ2n) is 4.53. The zero-order chi connectivity index (χ0) is 13.8. The second-order valence-corrected chi connectivity index (χ2v) is 4.53. The summed E-state index contributed by atoms with van der Waals surface area (Å²) in [5.74, 6) is -0.365. The van der Waals surface area contributed by atoms with Gasteiger partial charge in [0, 0.05) is 24.2 Å². The summed E-state index contributed by atoms with van der Waals surface area (Å²) < 4.78 is 26.5. The van der Waals surface area contributed by atoms with Crippen molar-refractivity contribution in [1.82, 2.24) is 9.97 Å². The summed E-state index contributed by atoms with van der Waals surface area (Å²) in [5, 5.41) is 0. The molecule has 2 N–H and O–H groups in total. The summed E-state index contributed by atoms with van der Waals surface area (Å²) in [6.07, 6.45) is 2.21. The van der Waals surface area contributed by atoms with Crippen LogP contribution in [-0.4, -0.2) is 16.5 Å². The molecule has 0 aliphatic rings. The third kappa shape index (κ3) is 3.32. The van der Waals surface area contributed by atoms with Crippen molar-refractivity contribution < 1.29 is 8.78 Å². The molecular formula is C14H15F2N3. The fourth-order valence-electron chi connectivity index (χ4n) is 1.74. The highest BCUT2D eigenvalue weighted by atomic mass is 19.1. The first-order chi connectivity index (χ1) is 9.10. The van der Waals surface area contributed by atoms with Gasteiger partial charge in [-0.25, -0.2) is 18.7 Å².